The summed E-state index contributed by atoms with van der Waals surface area (Å²) in [5, 5.41) is 0. The van der Waals surface area contributed by atoms with Crippen LogP contribution in [0.5, 0.6) is 0 Å². The maximum Gasteiger partial charge on any atom is 0.334 e. The molecule has 3 rings (SSSR count). The van der Waals surface area contributed by atoms with E-state index in [1.54, 1.807) is 12.1 Å². The van der Waals surface area contributed by atoms with Gasteiger partial charge in [-0.3, -0.25) is 19.2 Å². The Morgan fingerprint density at radius 1 is 1.00 bits per heavy atom. The molecule has 29 heavy (non-hydrogen) atoms. The van der Waals surface area contributed by atoms with Crippen LogP contribution in [0.4, 0.5) is 0 Å². The van der Waals surface area contributed by atoms with Crippen LogP contribution < -0.4 is 0 Å². The zero-order valence-electron chi connectivity index (χ0n) is 16.7. The third kappa shape index (κ3) is 3.64. The Morgan fingerprint density at radius 2 is 1.59 bits per heavy atom. The summed E-state index contributed by atoms with van der Waals surface area (Å²) >= 11 is 0. The van der Waals surface area contributed by atoms with Gasteiger partial charge in [-0.15, -0.1) is 0 Å². The fourth-order valence-electron chi connectivity index (χ4n) is 4.11. The monoisotopic (exact) mass is 398 g/mol. The first-order chi connectivity index (χ1) is 13.6. The molecule has 2 aliphatic carbocycles. The molecule has 2 atom stereocenters. The van der Waals surface area contributed by atoms with Gasteiger partial charge in [-0.2, -0.15) is 0 Å². The van der Waals surface area contributed by atoms with Crippen LogP contribution in [-0.2, 0) is 23.9 Å². The maximum absolute atomic E-state index is 13.3. The Hall–Kier alpha value is -3.09. The SMILES string of the molecule is COC(=O)C1=C([C@@H]2C(=O)c3ccccc3C(=O)[C@H]2OC(C)=O)C(=O)CC(C)(C)C1. The average molecular weight is 398 g/mol. The van der Waals surface area contributed by atoms with E-state index >= 15 is 0 Å². The average Bonchev–Trinajstić information content (AvgIpc) is 2.65. The van der Waals surface area contributed by atoms with E-state index in [0.29, 0.717) is 0 Å². The van der Waals surface area contributed by atoms with E-state index < -0.39 is 46.7 Å². The van der Waals surface area contributed by atoms with Crippen LogP contribution in [0.1, 0.15) is 54.3 Å². The van der Waals surface area contributed by atoms with Crippen LogP contribution in [0.2, 0.25) is 0 Å². The molecule has 0 spiro atoms. The van der Waals surface area contributed by atoms with Gasteiger partial charge in [0.25, 0.3) is 0 Å². The predicted molar refractivity (Wildman–Crippen MR) is 101 cm³/mol. The highest BCUT2D eigenvalue weighted by molar-refractivity contribution is 6.22. The summed E-state index contributed by atoms with van der Waals surface area (Å²) in [5.74, 6) is -4.40. The van der Waals surface area contributed by atoms with Crippen LogP contribution in [0.3, 0.4) is 0 Å². The topological polar surface area (TPSA) is 104 Å². The number of hydrogen-bond donors (Lipinski definition) is 0. The van der Waals surface area contributed by atoms with Gasteiger partial charge in [0.1, 0.15) is 0 Å². The van der Waals surface area contributed by atoms with Gasteiger partial charge < -0.3 is 9.47 Å². The van der Waals surface area contributed by atoms with Crippen molar-refractivity contribution in [1.82, 2.24) is 0 Å². The Kier molecular flexibility index (Phi) is 5.26. The van der Waals surface area contributed by atoms with Crippen molar-refractivity contribution >= 4 is 29.3 Å². The molecule has 0 fully saturated rings. The van der Waals surface area contributed by atoms with Crippen molar-refractivity contribution in [2.75, 3.05) is 7.11 Å². The highest BCUT2D eigenvalue weighted by Crippen LogP contribution is 2.43. The fraction of sp³-hybridized carbons (Fsp3) is 0.409. The molecule has 7 nitrogen and oxygen atoms in total. The van der Waals surface area contributed by atoms with Crippen molar-refractivity contribution in [3.8, 4) is 0 Å². The summed E-state index contributed by atoms with van der Waals surface area (Å²) in [7, 11) is 1.19. The molecule has 0 radical (unpaired) electrons. The zero-order chi connectivity index (χ0) is 21.5. The molecule has 2 aliphatic rings. The minimum absolute atomic E-state index is 0.0523. The summed E-state index contributed by atoms with van der Waals surface area (Å²) in [4.78, 5) is 63.6. The molecule has 0 saturated heterocycles. The number of methoxy groups -OCH3 is 1. The van der Waals surface area contributed by atoms with Crippen LogP contribution in [0.25, 0.3) is 0 Å². The smallest absolute Gasteiger partial charge is 0.334 e. The second-order valence-electron chi connectivity index (χ2n) is 8.11. The Morgan fingerprint density at radius 3 is 2.14 bits per heavy atom. The van der Waals surface area contributed by atoms with Gasteiger partial charge in [0, 0.05) is 35.6 Å². The molecule has 1 aromatic carbocycles. The first-order valence-corrected chi connectivity index (χ1v) is 9.26. The molecular formula is C22H22O7. The highest BCUT2D eigenvalue weighted by Gasteiger charge is 2.50. The van der Waals surface area contributed by atoms with E-state index in [9.17, 15) is 24.0 Å². The largest absolute Gasteiger partial charge is 0.466 e. The second kappa shape index (κ2) is 7.39. The van der Waals surface area contributed by atoms with Crippen molar-refractivity contribution in [1.29, 1.82) is 0 Å². The number of ether oxygens (including phenoxy) is 2. The number of rotatable bonds is 3. The van der Waals surface area contributed by atoms with Crippen molar-refractivity contribution < 1.29 is 33.4 Å². The van der Waals surface area contributed by atoms with Gasteiger partial charge >= 0.3 is 11.9 Å². The Balaban J connectivity index is 2.26. The normalized spacial score (nSPS) is 23.5. The van der Waals surface area contributed by atoms with Crippen molar-refractivity contribution in [3.05, 3.63) is 46.5 Å². The summed E-state index contributed by atoms with van der Waals surface area (Å²) in [6, 6.07) is 6.17. The molecule has 0 saturated carbocycles. The van der Waals surface area contributed by atoms with Gasteiger partial charge in [-0.25, -0.2) is 4.79 Å². The minimum atomic E-state index is -1.50. The Bertz CT molecular complexity index is 967. The molecule has 0 bridgehead atoms. The van der Waals surface area contributed by atoms with E-state index in [1.165, 1.54) is 19.2 Å². The van der Waals surface area contributed by atoms with E-state index in [0.717, 1.165) is 6.92 Å². The van der Waals surface area contributed by atoms with Crippen molar-refractivity contribution in [3.63, 3.8) is 0 Å². The van der Waals surface area contributed by atoms with Gasteiger partial charge in [0.2, 0.25) is 5.78 Å². The van der Waals surface area contributed by atoms with Crippen molar-refractivity contribution in [2.24, 2.45) is 11.3 Å². The third-order valence-electron chi connectivity index (χ3n) is 5.26. The molecule has 0 unspecified atom stereocenters. The zero-order valence-corrected chi connectivity index (χ0v) is 16.7. The second-order valence-corrected chi connectivity index (χ2v) is 8.11. The van der Waals surface area contributed by atoms with Crippen LogP contribution in [0, 0.1) is 11.3 Å². The quantitative estimate of drug-likeness (QED) is 0.721. The molecule has 0 aliphatic heterocycles. The van der Waals surface area contributed by atoms with Gasteiger partial charge in [0.05, 0.1) is 13.0 Å². The lowest BCUT2D eigenvalue weighted by molar-refractivity contribution is -0.145. The number of carbonyl (C=O) groups is 5. The van der Waals surface area contributed by atoms with Crippen LogP contribution >= 0.6 is 0 Å². The standard InChI is InChI=1S/C22H22O7/c1-11(23)29-20-17(18(25)12-7-5-6-8-13(12)19(20)26)16-14(21(27)28-4)9-22(2,3)10-15(16)24/h5-8,17,20H,9-10H2,1-4H3/t17-,20+/m1/s1. The number of carbonyl (C=O) groups excluding carboxylic acids is 5. The van der Waals surface area contributed by atoms with E-state index in [1.807, 2.05) is 13.8 Å². The maximum atomic E-state index is 13.3. The Labute approximate surface area is 168 Å². The molecule has 0 heterocycles. The lowest BCUT2D eigenvalue weighted by Crippen LogP contribution is -2.47. The fourth-order valence-corrected chi connectivity index (χ4v) is 4.11. The van der Waals surface area contributed by atoms with Gasteiger partial charge in [-0.05, 0) is 11.8 Å². The highest BCUT2D eigenvalue weighted by atomic mass is 16.5. The van der Waals surface area contributed by atoms with Crippen LogP contribution in [0.15, 0.2) is 35.4 Å². The number of ketones is 3. The van der Waals surface area contributed by atoms with Crippen LogP contribution in [-0.4, -0.2) is 42.5 Å². The first kappa shape index (κ1) is 20.6. The minimum Gasteiger partial charge on any atom is -0.466 e. The van der Waals surface area contributed by atoms with E-state index in [4.69, 9.17) is 9.47 Å². The number of Topliss-reactive ketones (excluding diaryl/α,β-unsaturated/α-hetero) is 3. The number of benzene rings is 1. The molecule has 0 amide bonds. The molecule has 0 aromatic heterocycles. The van der Waals surface area contributed by atoms with Gasteiger partial charge in [-0.1, -0.05) is 38.1 Å². The lowest BCUT2D eigenvalue weighted by Gasteiger charge is -2.37. The molecule has 152 valence electrons. The van der Waals surface area contributed by atoms with Gasteiger partial charge in [0.15, 0.2) is 17.7 Å². The number of fused-ring (bicyclic) bond motifs is 1. The summed E-state index contributed by atoms with van der Waals surface area (Å²) < 4.78 is 10.1. The third-order valence-corrected chi connectivity index (χ3v) is 5.26. The number of esters is 2. The lowest BCUT2D eigenvalue weighted by atomic mass is 9.66. The summed E-state index contributed by atoms with van der Waals surface area (Å²) in [6.07, 6.45) is -1.21. The molecular weight excluding hydrogens is 376 g/mol. The first-order valence-electron chi connectivity index (χ1n) is 9.26. The van der Waals surface area contributed by atoms with Crippen molar-refractivity contribution in [2.45, 2.75) is 39.7 Å². The van der Waals surface area contributed by atoms with E-state index in [2.05, 4.69) is 0 Å². The van der Waals surface area contributed by atoms with E-state index in [-0.39, 0.29) is 35.1 Å². The molecule has 1 aromatic rings. The predicted octanol–water partition coefficient (Wildman–Crippen LogP) is 2.47. The molecule has 7 heteroatoms. The molecule has 0 N–H and O–H groups in total. The number of hydrogen-bond acceptors (Lipinski definition) is 7. The summed E-state index contributed by atoms with van der Waals surface area (Å²) in [6.45, 7) is 4.78. The summed E-state index contributed by atoms with van der Waals surface area (Å²) in [5.41, 5.74) is -0.281.